The lowest BCUT2D eigenvalue weighted by atomic mass is 10.3. The summed E-state index contributed by atoms with van der Waals surface area (Å²) in [6, 6.07) is 4.04. The van der Waals surface area contributed by atoms with Gasteiger partial charge in [0.25, 0.3) is 0 Å². The van der Waals surface area contributed by atoms with Crippen LogP contribution in [0.4, 0.5) is 0 Å². The van der Waals surface area contributed by atoms with Crippen molar-refractivity contribution in [1.82, 2.24) is 10.4 Å². The molecule has 0 amide bonds. The van der Waals surface area contributed by atoms with Gasteiger partial charge in [0.2, 0.25) is 0 Å². The summed E-state index contributed by atoms with van der Waals surface area (Å²) in [5.74, 6) is -0.190. The number of hydrogen-bond acceptors (Lipinski definition) is 6. The second-order valence-corrected chi connectivity index (χ2v) is 5.31. The lowest BCUT2D eigenvalue weighted by Gasteiger charge is -2.26. The van der Waals surface area contributed by atoms with Gasteiger partial charge < -0.3 is 9.47 Å². The van der Waals surface area contributed by atoms with Crippen LogP contribution < -0.4 is 5.43 Å². The maximum atomic E-state index is 11.1. The zero-order chi connectivity index (χ0) is 12.8. The second-order valence-electron chi connectivity index (χ2n) is 4.06. The molecule has 100 valence electrons. The van der Waals surface area contributed by atoms with E-state index in [1.807, 2.05) is 6.07 Å². The van der Waals surface area contributed by atoms with Crippen molar-refractivity contribution in [2.45, 2.75) is 13.0 Å². The van der Waals surface area contributed by atoms with Gasteiger partial charge in [0.1, 0.15) is 0 Å². The summed E-state index contributed by atoms with van der Waals surface area (Å²) in [7, 11) is 1.41. The molecule has 0 spiro atoms. The zero-order valence-corrected chi connectivity index (χ0v) is 11.3. The number of nitrogens with zero attached hydrogens (tertiary/aromatic N) is 1. The molecular formula is C12H18N2O3S. The highest BCUT2D eigenvalue weighted by molar-refractivity contribution is 7.12. The molecule has 0 bridgehead atoms. The molecule has 0 radical (unpaired) electrons. The van der Waals surface area contributed by atoms with Crippen molar-refractivity contribution in [2.75, 3.05) is 33.4 Å². The maximum Gasteiger partial charge on any atom is 0.310 e. The van der Waals surface area contributed by atoms with Crippen molar-refractivity contribution < 1.29 is 14.3 Å². The molecule has 0 atom stereocenters. The van der Waals surface area contributed by atoms with E-state index in [9.17, 15) is 4.79 Å². The van der Waals surface area contributed by atoms with Crippen molar-refractivity contribution in [2.24, 2.45) is 0 Å². The first kappa shape index (κ1) is 13.5. The number of hydrogen-bond donors (Lipinski definition) is 1. The quantitative estimate of drug-likeness (QED) is 0.802. The van der Waals surface area contributed by atoms with Crippen molar-refractivity contribution in [3.63, 3.8) is 0 Å². The Kier molecular flexibility index (Phi) is 5.12. The van der Waals surface area contributed by atoms with Gasteiger partial charge in [0.05, 0.1) is 26.7 Å². The van der Waals surface area contributed by atoms with E-state index in [1.165, 1.54) is 12.0 Å². The Labute approximate surface area is 111 Å². The number of esters is 1. The topological polar surface area (TPSA) is 50.8 Å². The van der Waals surface area contributed by atoms with Gasteiger partial charge in [-0.3, -0.25) is 4.79 Å². The summed E-state index contributed by atoms with van der Waals surface area (Å²) in [5.41, 5.74) is 3.37. The molecule has 5 nitrogen and oxygen atoms in total. The van der Waals surface area contributed by atoms with Gasteiger partial charge in [-0.05, 0) is 12.1 Å². The first-order valence-electron chi connectivity index (χ1n) is 5.98. The fraction of sp³-hybridized carbons (Fsp3) is 0.583. The Morgan fingerprint density at radius 3 is 2.89 bits per heavy atom. The molecule has 1 aliphatic rings. The highest BCUT2D eigenvalue weighted by Gasteiger charge is 2.10. The van der Waals surface area contributed by atoms with Crippen LogP contribution in [0.2, 0.25) is 0 Å². The van der Waals surface area contributed by atoms with E-state index in [4.69, 9.17) is 4.74 Å². The third kappa shape index (κ3) is 4.06. The normalized spacial score (nSPS) is 16.7. The zero-order valence-electron chi connectivity index (χ0n) is 10.5. The van der Waals surface area contributed by atoms with Crippen LogP contribution in [-0.2, 0) is 27.2 Å². The van der Waals surface area contributed by atoms with E-state index in [0.717, 1.165) is 37.7 Å². The van der Waals surface area contributed by atoms with E-state index >= 15 is 0 Å². The van der Waals surface area contributed by atoms with E-state index in [1.54, 1.807) is 11.3 Å². The highest BCUT2D eigenvalue weighted by Crippen LogP contribution is 2.17. The van der Waals surface area contributed by atoms with E-state index < -0.39 is 0 Å². The number of carbonyl (C=O) groups is 1. The standard InChI is InChI=1S/C12H18N2O3S/c1-16-12(15)8-10-2-3-11(18-10)9-13-14-4-6-17-7-5-14/h2-3,13H,4-9H2,1H3. The van der Waals surface area contributed by atoms with Crippen molar-refractivity contribution in [3.8, 4) is 0 Å². The third-order valence-electron chi connectivity index (χ3n) is 2.75. The Balaban J connectivity index is 1.77. The Hall–Kier alpha value is -0.950. The molecule has 6 heteroatoms. The van der Waals surface area contributed by atoms with Crippen LogP contribution in [0.3, 0.4) is 0 Å². The SMILES string of the molecule is COC(=O)Cc1ccc(CNN2CCOCC2)s1. The number of morpholine rings is 1. The highest BCUT2D eigenvalue weighted by atomic mass is 32.1. The first-order valence-corrected chi connectivity index (χ1v) is 6.80. The predicted octanol–water partition coefficient (Wildman–Crippen LogP) is 0.800. The first-order chi connectivity index (χ1) is 8.78. The van der Waals surface area contributed by atoms with Crippen molar-refractivity contribution in [3.05, 3.63) is 21.9 Å². The number of rotatable bonds is 5. The van der Waals surface area contributed by atoms with Crippen molar-refractivity contribution in [1.29, 1.82) is 0 Å². The molecule has 1 saturated heterocycles. The summed E-state index contributed by atoms with van der Waals surface area (Å²) in [6.07, 6.45) is 0.360. The molecule has 1 fully saturated rings. The second kappa shape index (κ2) is 6.84. The molecule has 0 aromatic carbocycles. The van der Waals surface area contributed by atoms with E-state index in [2.05, 4.69) is 21.2 Å². The van der Waals surface area contributed by atoms with Gasteiger partial charge in [-0.15, -0.1) is 11.3 Å². The lowest BCUT2D eigenvalue weighted by molar-refractivity contribution is -0.139. The maximum absolute atomic E-state index is 11.1. The minimum absolute atomic E-state index is 0.190. The molecule has 1 aromatic heterocycles. The number of ether oxygens (including phenoxy) is 2. The van der Waals surface area contributed by atoms with Crippen LogP contribution in [-0.4, -0.2) is 44.4 Å². The van der Waals surface area contributed by atoms with Gasteiger partial charge in [0.15, 0.2) is 0 Å². The molecule has 2 rings (SSSR count). The van der Waals surface area contributed by atoms with Crippen LogP contribution in [0, 0.1) is 0 Å². The van der Waals surface area contributed by atoms with Gasteiger partial charge in [0, 0.05) is 29.4 Å². The minimum Gasteiger partial charge on any atom is -0.469 e. The number of thiophene rings is 1. The molecule has 0 unspecified atom stereocenters. The van der Waals surface area contributed by atoms with E-state index in [-0.39, 0.29) is 5.97 Å². The van der Waals surface area contributed by atoms with Crippen LogP contribution in [0.5, 0.6) is 0 Å². The van der Waals surface area contributed by atoms with E-state index in [0.29, 0.717) is 6.42 Å². The third-order valence-corrected chi connectivity index (χ3v) is 3.84. The average Bonchev–Trinajstić information content (AvgIpc) is 2.85. The van der Waals surface area contributed by atoms with Gasteiger partial charge in [-0.1, -0.05) is 0 Å². The molecule has 2 heterocycles. The lowest BCUT2D eigenvalue weighted by Crippen LogP contribution is -2.45. The Bertz CT molecular complexity index is 388. The van der Waals surface area contributed by atoms with Gasteiger partial charge in [-0.25, -0.2) is 10.4 Å². The molecule has 1 aliphatic heterocycles. The van der Waals surface area contributed by atoms with Crippen molar-refractivity contribution >= 4 is 17.3 Å². The Morgan fingerprint density at radius 1 is 1.44 bits per heavy atom. The summed E-state index contributed by atoms with van der Waals surface area (Å²) >= 11 is 1.64. The summed E-state index contributed by atoms with van der Waals surface area (Å²) < 4.78 is 9.93. The summed E-state index contributed by atoms with van der Waals surface area (Å²) in [4.78, 5) is 13.4. The Morgan fingerprint density at radius 2 is 2.17 bits per heavy atom. The summed E-state index contributed by atoms with van der Waals surface area (Å²) in [5, 5.41) is 2.17. The monoisotopic (exact) mass is 270 g/mol. The van der Waals surface area contributed by atoms with Crippen LogP contribution in [0.25, 0.3) is 0 Å². The molecule has 0 saturated carbocycles. The minimum atomic E-state index is -0.190. The number of hydrazine groups is 1. The van der Waals surface area contributed by atoms with Gasteiger partial charge >= 0.3 is 5.97 Å². The molecule has 1 aromatic rings. The van der Waals surface area contributed by atoms with Crippen LogP contribution in [0.15, 0.2) is 12.1 Å². The largest absolute Gasteiger partial charge is 0.469 e. The fourth-order valence-electron chi connectivity index (χ4n) is 1.74. The molecular weight excluding hydrogens is 252 g/mol. The average molecular weight is 270 g/mol. The summed E-state index contributed by atoms with van der Waals surface area (Å²) in [6.45, 7) is 4.20. The van der Waals surface area contributed by atoms with Crippen LogP contribution in [0.1, 0.15) is 9.75 Å². The molecule has 0 aliphatic carbocycles. The number of methoxy groups -OCH3 is 1. The predicted molar refractivity (Wildman–Crippen MR) is 69.3 cm³/mol. The van der Waals surface area contributed by atoms with Gasteiger partial charge in [-0.2, -0.15) is 0 Å². The number of carbonyl (C=O) groups excluding carboxylic acids is 1. The molecule has 1 N–H and O–H groups in total. The smallest absolute Gasteiger partial charge is 0.310 e. The van der Waals surface area contributed by atoms with Crippen LogP contribution >= 0.6 is 11.3 Å². The number of nitrogens with one attached hydrogen (secondary N) is 1. The fourth-order valence-corrected chi connectivity index (χ4v) is 2.67. The molecule has 18 heavy (non-hydrogen) atoms.